The molecule has 1 saturated heterocycles. The molecule has 1 atom stereocenters. The first-order valence-electron chi connectivity index (χ1n) is 5.34. The molecule has 1 amide bonds. The van der Waals surface area contributed by atoms with Crippen molar-refractivity contribution < 1.29 is 9.21 Å². The molecule has 0 unspecified atom stereocenters. The van der Waals surface area contributed by atoms with Gasteiger partial charge in [-0.2, -0.15) is 0 Å². The summed E-state index contributed by atoms with van der Waals surface area (Å²) < 4.78 is 5.25. The topological polar surface area (TPSA) is 54.3 Å². The average Bonchev–Trinajstić information content (AvgIpc) is 2.66. The maximum Gasteiger partial charge on any atom is 0.287 e. The fourth-order valence-corrected chi connectivity index (χ4v) is 1.79. The lowest BCUT2D eigenvalue weighted by atomic mass is 10.1. The molecule has 4 heteroatoms. The minimum Gasteiger partial charge on any atom is -0.456 e. The van der Waals surface area contributed by atoms with Gasteiger partial charge in [0.25, 0.3) is 5.91 Å². The molecule has 0 bridgehead atoms. The van der Waals surface area contributed by atoms with E-state index in [1.807, 2.05) is 6.92 Å². The van der Waals surface area contributed by atoms with Crippen LogP contribution in [-0.4, -0.2) is 25.0 Å². The van der Waals surface area contributed by atoms with Crippen molar-refractivity contribution in [1.29, 1.82) is 0 Å². The number of hydrogen-bond donors (Lipinski definition) is 2. The van der Waals surface area contributed by atoms with Crippen molar-refractivity contribution >= 4 is 5.91 Å². The van der Waals surface area contributed by atoms with Crippen molar-refractivity contribution in [3.63, 3.8) is 0 Å². The quantitative estimate of drug-likeness (QED) is 0.764. The van der Waals surface area contributed by atoms with Gasteiger partial charge < -0.3 is 15.1 Å². The lowest BCUT2D eigenvalue weighted by Gasteiger charge is -2.23. The first kappa shape index (κ1) is 10.2. The molecule has 1 aliphatic heterocycles. The van der Waals surface area contributed by atoms with Crippen molar-refractivity contribution in [3.8, 4) is 0 Å². The van der Waals surface area contributed by atoms with Crippen molar-refractivity contribution in [2.45, 2.75) is 25.8 Å². The van der Waals surface area contributed by atoms with Gasteiger partial charge >= 0.3 is 0 Å². The van der Waals surface area contributed by atoms with E-state index >= 15 is 0 Å². The van der Waals surface area contributed by atoms with Crippen molar-refractivity contribution in [2.24, 2.45) is 0 Å². The molecule has 15 heavy (non-hydrogen) atoms. The first-order chi connectivity index (χ1) is 7.25. The van der Waals surface area contributed by atoms with Gasteiger partial charge in [0.2, 0.25) is 0 Å². The molecule has 1 aromatic rings. The Labute approximate surface area is 89.0 Å². The zero-order valence-corrected chi connectivity index (χ0v) is 8.88. The Bertz CT molecular complexity index is 340. The fraction of sp³-hybridized carbons (Fsp3) is 0.545. The second-order valence-electron chi connectivity index (χ2n) is 3.93. The normalized spacial score (nSPS) is 21.3. The minimum absolute atomic E-state index is 0.114. The fourth-order valence-electron chi connectivity index (χ4n) is 1.79. The van der Waals surface area contributed by atoms with Crippen LogP contribution in [0.1, 0.15) is 29.2 Å². The Morgan fingerprint density at radius 2 is 2.47 bits per heavy atom. The molecule has 0 aromatic carbocycles. The molecule has 0 radical (unpaired) electrons. The molecule has 0 aliphatic carbocycles. The highest BCUT2D eigenvalue weighted by molar-refractivity contribution is 5.91. The number of nitrogens with one attached hydrogen (secondary N) is 2. The van der Waals surface area contributed by atoms with Crippen LogP contribution in [0.4, 0.5) is 0 Å². The Morgan fingerprint density at radius 1 is 1.60 bits per heavy atom. The van der Waals surface area contributed by atoms with E-state index in [-0.39, 0.29) is 11.9 Å². The summed E-state index contributed by atoms with van der Waals surface area (Å²) in [5.74, 6) is 1.05. The van der Waals surface area contributed by atoms with Crippen LogP contribution < -0.4 is 10.6 Å². The molecule has 2 N–H and O–H groups in total. The number of aryl methyl sites for hydroxylation is 1. The van der Waals surface area contributed by atoms with E-state index in [4.69, 9.17) is 4.42 Å². The molecule has 2 heterocycles. The standard InChI is InChI=1S/C11H16N2O2/c1-8-4-5-10(15-8)11(14)13-9-3-2-6-12-7-9/h4-5,9,12H,2-3,6-7H2,1H3,(H,13,14)/t9-/m1/s1. The third-order valence-corrected chi connectivity index (χ3v) is 2.60. The van der Waals surface area contributed by atoms with E-state index < -0.39 is 0 Å². The number of carbonyl (C=O) groups is 1. The summed E-state index contributed by atoms with van der Waals surface area (Å²) >= 11 is 0. The summed E-state index contributed by atoms with van der Waals surface area (Å²) in [6.45, 7) is 3.73. The van der Waals surface area contributed by atoms with Gasteiger partial charge in [0.15, 0.2) is 5.76 Å². The van der Waals surface area contributed by atoms with Crippen LogP contribution in [0.3, 0.4) is 0 Å². The van der Waals surface area contributed by atoms with Gasteiger partial charge in [0.1, 0.15) is 5.76 Å². The molecule has 4 nitrogen and oxygen atoms in total. The zero-order valence-electron chi connectivity index (χ0n) is 8.88. The van der Waals surface area contributed by atoms with Crippen LogP contribution in [0.25, 0.3) is 0 Å². The van der Waals surface area contributed by atoms with Crippen molar-refractivity contribution in [3.05, 3.63) is 23.7 Å². The molecule has 1 fully saturated rings. The van der Waals surface area contributed by atoms with Gasteiger partial charge in [-0.25, -0.2) is 0 Å². The lowest BCUT2D eigenvalue weighted by molar-refractivity contribution is 0.0901. The predicted molar refractivity (Wildman–Crippen MR) is 56.8 cm³/mol. The van der Waals surface area contributed by atoms with Gasteiger partial charge in [-0.15, -0.1) is 0 Å². The Hall–Kier alpha value is -1.29. The van der Waals surface area contributed by atoms with E-state index in [2.05, 4.69) is 10.6 Å². The highest BCUT2D eigenvalue weighted by Gasteiger charge is 2.17. The minimum atomic E-state index is -0.114. The summed E-state index contributed by atoms with van der Waals surface area (Å²) in [6, 6.07) is 3.74. The summed E-state index contributed by atoms with van der Waals surface area (Å²) in [6.07, 6.45) is 2.15. The van der Waals surface area contributed by atoms with Crippen molar-refractivity contribution in [1.82, 2.24) is 10.6 Å². The SMILES string of the molecule is Cc1ccc(C(=O)N[C@@H]2CCCNC2)o1. The molecular formula is C11H16N2O2. The monoisotopic (exact) mass is 208 g/mol. The van der Waals surface area contributed by atoms with Gasteiger partial charge in [-0.3, -0.25) is 4.79 Å². The van der Waals surface area contributed by atoms with Crippen LogP contribution in [0, 0.1) is 6.92 Å². The molecule has 82 valence electrons. The van der Waals surface area contributed by atoms with Gasteiger partial charge in [-0.05, 0) is 38.4 Å². The predicted octanol–water partition coefficient (Wildman–Crippen LogP) is 1.07. The van der Waals surface area contributed by atoms with Crippen LogP contribution in [0.2, 0.25) is 0 Å². The number of rotatable bonds is 2. The molecule has 2 rings (SSSR count). The molecular weight excluding hydrogens is 192 g/mol. The second-order valence-corrected chi connectivity index (χ2v) is 3.93. The largest absolute Gasteiger partial charge is 0.456 e. The lowest BCUT2D eigenvalue weighted by Crippen LogP contribution is -2.45. The Morgan fingerprint density at radius 3 is 3.07 bits per heavy atom. The highest BCUT2D eigenvalue weighted by Crippen LogP contribution is 2.08. The van der Waals surface area contributed by atoms with Gasteiger partial charge in [-0.1, -0.05) is 0 Å². The maximum absolute atomic E-state index is 11.7. The number of hydrogen-bond acceptors (Lipinski definition) is 3. The van der Waals surface area contributed by atoms with Crippen LogP contribution >= 0.6 is 0 Å². The smallest absolute Gasteiger partial charge is 0.287 e. The molecule has 1 aliphatic rings. The number of furan rings is 1. The molecule has 0 saturated carbocycles. The van der Waals surface area contributed by atoms with Gasteiger partial charge in [0, 0.05) is 12.6 Å². The van der Waals surface area contributed by atoms with E-state index in [9.17, 15) is 4.79 Å². The van der Waals surface area contributed by atoms with E-state index in [0.29, 0.717) is 5.76 Å². The maximum atomic E-state index is 11.7. The summed E-state index contributed by atoms with van der Waals surface area (Å²) in [4.78, 5) is 11.7. The molecule has 0 spiro atoms. The summed E-state index contributed by atoms with van der Waals surface area (Å²) in [5, 5.41) is 6.20. The summed E-state index contributed by atoms with van der Waals surface area (Å²) in [5.41, 5.74) is 0. The number of piperidine rings is 1. The Kier molecular flexibility index (Phi) is 3.06. The van der Waals surface area contributed by atoms with Crippen LogP contribution in [-0.2, 0) is 0 Å². The number of carbonyl (C=O) groups excluding carboxylic acids is 1. The number of amides is 1. The van der Waals surface area contributed by atoms with Gasteiger partial charge in [0.05, 0.1) is 0 Å². The van der Waals surface area contributed by atoms with Crippen LogP contribution in [0.5, 0.6) is 0 Å². The van der Waals surface area contributed by atoms with E-state index in [1.165, 1.54) is 0 Å². The summed E-state index contributed by atoms with van der Waals surface area (Å²) in [7, 11) is 0. The average molecular weight is 208 g/mol. The zero-order chi connectivity index (χ0) is 10.7. The third-order valence-electron chi connectivity index (χ3n) is 2.60. The highest BCUT2D eigenvalue weighted by atomic mass is 16.3. The van der Waals surface area contributed by atoms with Crippen LogP contribution in [0.15, 0.2) is 16.5 Å². The van der Waals surface area contributed by atoms with E-state index in [1.54, 1.807) is 12.1 Å². The second kappa shape index (κ2) is 4.49. The molecule has 1 aromatic heterocycles. The Balaban J connectivity index is 1.91. The first-order valence-corrected chi connectivity index (χ1v) is 5.34. The van der Waals surface area contributed by atoms with E-state index in [0.717, 1.165) is 31.7 Å². The third kappa shape index (κ3) is 2.59. The van der Waals surface area contributed by atoms with Crippen molar-refractivity contribution in [2.75, 3.05) is 13.1 Å².